The van der Waals surface area contributed by atoms with Crippen molar-refractivity contribution in [3.8, 4) is 0 Å². The van der Waals surface area contributed by atoms with Crippen LogP contribution in [-0.4, -0.2) is 7.62 Å². The molecule has 0 saturated carbocycles. The number of benzene rings is 1. The average Bonchev–Trinajstić information content (AvgIpc) is 2.05. The van der Waals surface area contributed by atoms with Crippen LogP contribution in [0.1, 0.15) is 5.56 Å². The first kappa shape index (κ1) is 5.80. The Morgan fingerprint density at radius 3 is 3.20 bits per heavy atom. The molecule has 2 nitrogen and oxygen atoms in total. The highest BCUT2D eigenvalue weighted by Crippen LogP contribution is 2.17. The van der Waals surface area contributed by atoms with Gasteiger partial charge in [-0.05, 0) is 11.6 Å². The van der Waals surface area contributed by atoms with Crippen LogP contribution in [0.4, 0.5) is 5.69 Å². The number of rotatable bonds is 0. The summed E-state index contributed by atoms with van der Waals surface area (Å²) >= 11 is 0. The molecular weight excluding hydrogens is 125 g/mol. The Morgan fingerprint density at radius 1 is 1.40 bits per heavy atom. The van der Waals surface area contributed by atoms with Crippen LogP contribution in [0.25, 0.3) is 0 Å². The topological polar surface area (TPSA) is 21.3 Å². The molecule has 0 bridgehead atoms. The largest absolute Gasteiger partial charge is 0.415 e. The molecule has 1 aromatic carbocycles. The predicted octanol–water partition coefficient (Wildman–Crippen LogP) is 0.895. The number of hydrogen-bond acceptors (Lipinski definition) is 2. The summed E-state index contributed by atoms with van der Waals surface area (Å²) in [5.41, 5.74) is 2.45. The highest BCUT2D eigenvalue weighted by molar-refractivity contribution is 6.33. The first-order valence-electron chi connectivity index (χ1n) is 3.36. The third-order valence-corrected chi connectivity index (χ3v) is 1.64. The van der Waals surface area contributed by atoms with Gasteiger partial charge in [-0.15, -0.1) is 0 Å². The summed E-state index contributed by atoms with van der Waals surface area (Å²) in [4.78, 5) is 0. The van der Waals surface area contributed by atoms with E-state index in [-0.39, 0.29) is 0 Å². The molecule has 0 spiro atoms. The summed E-state index contributed by atoms with van der Waals surface area (Å²) in [6.45, 7) is 0.739. The first-order valence-corrected chi connectivity index (χ1v) is 3.36. The molecule has 0 aromatic heterocycles. The molecule has 1 heterocycles. The van der Waals surface area contributed by atoms with E-state index in [1.165, 1.54) is 11.3 Å². The standard InChI is InChI=1S/C7H8BNO/c1-2-4-7-6(3-1)5-10-8-9-7/h1-4,8-9H,5H2. The van der Waals surface area contributed by atoms with Crippen molar-refractivity contribution < 1.29 is 4.65 Å². The van der Waals surface area contributed by atoms with E-state index in [1.807, 2.05) is 12.1 Å². The van der Waals surface area contributed by atoms with Gasteiger partial charge in [-0.1, -0.05) is 18.2 Å². The molecule has 2 rings (SSSR count). The minimum Gasteiger partial charge on any atom is -0.415 e. The van der Waals surface area contributed by atoms with Gasteiger partial charge in [0.2, 0.25) is 0 Å². The zero-order chi connectivity index (χ0) is 6.81. The molecule has 0 fully saturated rings. The summed E-state index contributed by atoms with van der Waals surface area (Å²) in [6, 6.07) is 8.19. The van der Waals surface area contributed by atoms with Gasteiger partial charge >= 0.3 is 7.62 Å². The Morgan fingerprint density at radius 2 is 2.30 bits per heavy atom. The van der Waals surface area contributed by atoms with Crippen LogP contribution in [0, 0.1) is 0 Å². The number of fused-ring (bicyclic) bond motifs is 1. The molecule has 10 heavy (non-hydrogen) atoms. The van der Waals surface area contributed by atoms with Crippen LogP contribution in [-0.2, 0) is 11.3 Å². The SMILES string of the molecule is B1Nc2ccccc2CO1. The summed E-state index contributed by atoms with van der Waals surface area (Å²) in [5, 5.41) is 3.14. The normalized spacial score (nSPS) is 14.8. The average molecular weight is 133 g/mol. The molecule has 3 heteroatoms. The smallest absolute Gasteiger partial charge is 0.394 e. The molecule has 0 atom stereocenters. The third kappa shape index (κ3) is 0.886. The van der Waals surface area contributed by atoms with Crippen LogP contribution in [0.2, 0.25) is 0 Å². The Labute approximate surface area is 60.5 Å². The fourth-order valence-electron chi connectivity index (χ4n) is 1.11. The first-order chi connectivity index (χ1) is 4.97. The van der Waals surface area contributed by atoms with Gasteiger partial charge in [0.05, 0.1) is 6.61 Å². The fraction of sp³-hybridized carbons (Fsp3) is 0.143. The van der Waals surface area contributed by atoms with Gasteiger partial charge in [0, 0.05) is 5.69 Å². The molecule has 0 unspecified atom stereocenters. The predicted molar refractivity (Wildman–Crippen MR) is 42.0 cm³/mol. The summed E-state index contributed by atoms with van der Waals surface area (Å²) in [6.07, 6.45) is 0. The van der Waals surface area contributed by atoms with Crippen molar-refractivity contribution in [3.05, 3.63) is 29.8 Å². The zero-order valence-electron chi connectivity index (χ0n) is 5.63. The van der Waals surface area contributed by atoms with Crippen molar-refractivity contribution in [2.75, 3.05) is 5.23 Å². The van der Waals surface area contributed by atoms with Crippen LogP contribution in [0.15, 0.2) is 24.3 Å². The van der Waals surface area contributed by atoms with Crippen molar-refractivity contribution in [2.24, 2.45) is 0 Å². The van der Waals surface area contributed by atoms with Gasteiger partial charge in [-0.25, -0.2) is 0 Å². The molecule has 0 aliphatic carbocycles. The number of hydrogen-bond donors (Lipinski definition) is 1. The Bertz CT molecular complexity index is 214. The molecule has 1 aliphatic rings. The lowest BCUT2D eigenvalue weighted by Crippen LogP contribution is -2.17. The van der Waals surface area contributed by atoms with Gasteiger partial charge < -0.3 is 9.88 Å². The second kappa shape index (κ2) is 2.35. The maximum Gasteiger partial charge on any atom is 0.394 e. The third-order valence-electron chi connectivity index (χ3n) is 1.64. The van der Waals surface area contributed by atoms with E-state index in [4.69, 9.17) is 4.65 Å². The van der Waals surface area contributed by atoms with E-state index < -0.39 is 0 Å². The van der Waals surface area contributed by atoms with Gasteiger partial charge in [0.1, 0.15) is 0 Å². The van der Waals surface area contributed by atoms with Crippen LogP contribution < -0.4 is 5.23 Å². The number of nitrogens with one attached hydrogen (secondary N) is 1. The molecule has 0 amide bonds. The molecule has 0 radical (unpaired) electrons. The molecule has 50 valence electrons. The van der Waals surface area contributed by atoms with E-state index >= 15 is 0 Å². The monoisotopic (exact) mass is 133 g/mol. The highest BCUT2D eigenvalue weighted by Gasteiger charge is 2.06. The van der Waals surface area contributed by atoms with Crippen LogP contribution in [0.5, 0.6) is 0 Å². The number of para-hydroxylation sites is 1. The van der Waals surface area contributed by atoms with Crippen molar-refractivity contribution in [2.45, 2.75) is 6.61 Å². The zero-order valence-corrected chi connectivity index (χ0v) is 5.63. The second-order valence-corrected chi connectivity index (χ2v) is 2.33. The quantitative estimate of drug-likeness (QED) is 0.530. The summed E-state index contributed by atoms with van der Waals surface area (Å²) in [5.74, 6) is 0. The lowest BCUT2D eigenvalue weighted by Gasteiger charge is -2.16. The Kier molecular flexibility index (Phi) is 1.36. The van der Waals surface area contributed by atoms with Gasteiger partial charge in [0.25, 0.3) is 0 Å². The molecule has 0 saturated heterocycles. The fourth-order valence-corrected chi connectivity index (χ4v) is 1.11. The van der Waals surface area contributed by atoms with E-state index in [0.29, 0.717) is 7.62 Å². The Hall–Kier alpha value is -0.955. The van der Waals surface area contributed by atoms with Crippen molar-refractivity contribution in [3.63, 3.8) is 0 Å². The van der Waals surface area contributed by atoms with Crippen LogP contribution in [0.3, 0.4) is 0 Å². The van der Waals surface area contributed by atoms with Crippen molar-refractivity contribution in [1.29, 1.82) is 0 Å². The highest BCUT2D eigenvalue weighted by atomic mass is 16.4. The van der Waals surface area contributed by atoms with E-state index in [1.54, 1.807) is 0 Å². The van der Waals surface area contributed by atoms with E-state index in [2.05, 4.69) is 17.4 Å². The van der Waals surface area contributed by atoms with Gasteiger partial charge in [-0.2, -0.15) is 0 Å². The molecule has 1 aliphatic heterocycles. The second-order valence-electron chi connectivity index (χ2n) is 2.33. The molecule has 1 aromatic rings. The summed E-state index contributed by atoms with van der Waals surface area (Å²) < 4.78 is 5.18. The van der Waals surface area contributed by atoms with Crippen LogP contribution >= 0.6 is 0 Å². The number of anilines is 1. The van der Waals surface area contributed by atoms with E-state index in [9.17, 15) is 0 Å². The van der Waals surface area contributed by atoms with E-state index in [0.717, 1.165) is 6.61 Å². The maximum absolute atomic E-state index is 5.18. The summed E-state index contributed by atoms with van der Waals surface area (Å²) in [7, 11) is 0.636. The Balaban J connectivity index is 2.41. The minimum atomic E-state index is 0.636. The van der Waals surface area contributed by atoms with Crippen molar-refractivity contribution >= 4 is 13.3 Å². The van der Waals surface area contributed by atoms with Gasteiger partial charge in [0.15, 0.2) is 0 Å². The molecular formula is C7H8BNO. The molecule has 1 N–H and O–H groups in total. The maximum atomic E-state index is 5.18. The van der Waals surface area contributed by atoms with Crippen molar-refractivity contribution in [1.82, 2.24) is 0 Å². The minimum absolute atomic E-state index is 0.636. The lowest BCUT2D eigenvalue weighted by molar-refractivity contribution is 0.322. The van der Waals surface area contributed by atoms with Gasteiger partial charge in [-0.3, -0.25) is 0 Å². The lowest BCUT2D eigenvalue weighted by atomic mass is 10.1.